The molecule has 25 heavy (non-hydrogen) atoms. The van der Waals surface area contributed by atoms with Crippen molar-refractivity contribution in [2.24, 2.45) is 5.92 Å². The molecule has 0 unspecified atom stereocenters. The monoisotopic (exact) mass is 339 g/mol. The quantitative estimate of drug-likeness (QED) is 0.840. The van der Waals surface area contributed by atoms with E-state index in [1.54, 1.807) is 18.6 Å². The largest absolute Gasteiger partial charge is 0.337 e. The van der Waals surface area contributed by atoms with Crippen molar-refractivity contribution in [1.82, 2.24) is 24.4 Å². The first-order chi connectivity index (χ1) is 12.2. The third-order valence-corrected chi connectivity index (χ3v) is 5.47. The molecule has 2 aliphatic rings. The van der Waals surface area contributed by atoms with E-state index in [1.807, 2.05) is 11.1 Å². The molecule has 0 aromatic carbocycles. The summed E-state index contributed by atoms with van der Waals surface area (Å²) in [7, 11) is 0. The Hall–Kier alpha value is -2.24. The molecule has 1 saturated carbocycles. The number of hydrogen-bond acceptors (Lipinski definition) is 4. The molecule has 4 rings (SSSR count). The molecule has 0 atom stereocenters. The Bertz CT molecular complexity index is 730. The third-order valence-electron chi connectivity index (χ3n) is 5.47. The van der Waals surface area contributed by atoms with Gasteiger partial charge in [-0.05, 0) is 44.9 Å². The summed E-state index contributed by atoms with van der Waals surface area (Å²) >= 11 is 0. The minimum Gasteiger partial charge on any atom is -0.337 e. The van der Waals surface area contributed by atoms with E-state index in [0.717, 1.165) is 32.5 Å². The molecular formula is C19H25N5O. The van der Waals surface area contributed by atoms with Crippen molar-refractivity contribution in [2.45, 2.75) is 51.5 Å². The van der Waals surface area contributed by atoms with Crippen LogP contribution in [0.3, 0.4) is 0 Å². The molecule has 0 radical (unpaired) electrons. The average molecular weight is 339 g/mol. The predicted molar refractivity (Wildman–Crippen MR) is 94.2 cm³/mol. The second-order valence-corrected chi connectivity index (χ2v) is 7.30. The fraction of sp³-hybridized carbons (Fsp3) is 0.579. The van der Waals surface area contributed by atoms with E-state index in [0.29, 0.717) is 17.5 Å². The van der Waals surface area contributed by atoms with Crippen molar-refractivity contribution >= 4 is 5.91 Å². The van der Waals surface area contributed by atoms with Crippen LogP contribution < -0.4 is 0 Å². The molecule has 3 heterocycles. The zero-order valence-corrected chi connectivity index (χ0v) is 14.8. The number of amides is 1. The van der Waals surface area contributed by atoms with Gasteiger partial charge in [0.25, 0.3) is 5.91 Å². The van der Waals surface area contributed by atoms with Crippen LogP contribution in [-0.2, 0) is 6.54 Å². The van der Waals surface area contributed by atoms with Crippen molar-refractivity contribution in [2.75, 3.05) is 13.1 Å². The van der Waals surface area contributed by atoms with E-state index >= 15 is 0 Å². The number of likely N-dealkylation sites (tertiary alicyclic amines) is 1. The molecule has 2 aromatic heterocycles. The van der Waals surface area contributed by atoms with Crippen LogP contribution >= 0.6 is 0 Å². The first kappa shape index (κ1) is 16.2. The van der Waals surface area contributed by atoms with Gasteiger partial charge in [0, 0.05) is 49.8 Å². The molecule has 6 heteroatoms. The highest BCUT2D eigenvalue weighted by molar-refractivity contribution is 5.91. The highest BCUT2D eigenvalue weighted by atomic mass is 16.2. The topological polar surface area (TPSA) is 63.9 Å². The van der Waals surface area contributed by atoms with Gasteiger partial charge in [0.05, 0.1) is 6.20 Å². The number of hydrogen-bond donors (Lipinski definition) is 0. The Morgan fingerprint density at radius 3 is 2.60 bits per heavy atom. The molecule has 1 aliphatic carbocycles. The normalized spacial score (nSPS) is 18.5. The molecule has 0 spiro atoms. The lowest BCUT2D eigenvalue weighted by Gasteiger charge is -2.32. The maximum Gasteiger partial charge on any atom is 0.274 e. The lowest BCUT2D eigenvalue weighted by molar-refractivity contribution is 0.0678. The lowest BCUT2D eigenvalue weighted by atomic mass is 9.93. The smallest absolute Gasteiger partial charge is 0.274 e. The lowest BCUT2D eigenvalue weighted by Crippen LogP contribution is -2.39. The Balaban J connectivity index is 1.29. The van der Waals surface area contributed by atoms with Crippen molar-refractivity contribution in [3.8, 4) is 0 Å². The minimum atomic E-state index is 0.00743. The van der Waals surface area contributed by atoms with Crippen molar-refractivity contribution < 1.29 is 4.79 Å². The molecule has 1 aliphatic heterocycles. The van der Waals surface area contributed by atoms with Crippen LogP contribution in [0.2, 0.25) is 0 Å². The Labute approximate surface area is 148 Å². The highest BCUT2D eigenvalue weighted by Gasteiger charge is 2.29. The minimum absolute atomic E-state index is 0.00743. The summed E-state index contributed by atoms with van der Waals surface area (Å²) < 4.78 is 2.41. The standard InChI is InChI=1S/C19H25N5O/c1-14-12-22-18(16-2-3-16)24(14)11-6-15-4-9-23(10-5-15)19(25)17-13-20-7-8-21-17/h7-8,12-13,15-16H,2-6,9-11H2,1H3. The first-order valence-electron chi connectivity index (χ1n) is 9.29. The second-order valence-electron chi connectivity index (χ2n) is 7.30. The van der Waals surface area contributed by atoms with Crippen molar-refractivity contribution in [1.29, 1.82) is 0 Å². The Morgan fingerprint density at radius 1 is 1.12 bits per heavy atom. The summed E-state index contributed by atoms with van der Waals surface area (Å²) in [5, 5.41) is 0. The van der Waals surface area contributed by atoms with E-state index in [2.05, 4.69) is 26.4 Å². The van der Waals surface area contributed by atoms with Gasteiger partial charge >= 0.3 is 0 Å². The van der Waals surface area contributed by atoms with E-state index in [1.165, 1.54) is 30.8 Å². The highest BCUT2D eigenvalue weighted by Crippen LogP contribution is 2.39. The van der Waals surface area contributed by atoms with Gasteiger partial charge in [0.15, 0.2) is 0 Å². The predicted octanol–water partition coefficient (Wildman–Crippen LogP) is 2.80. The second kappa shape index (κ2) is 6.94. The van der Waals surface area contributed by atoms with Gasteiger partial charge in [-0.2, -0.15) is 0 Å². The van der Waals surface area contributed by atoms with E-state index in [-0.39, 0.29) is 5.91 Å². The molecular weight excluding hydrogens is 314 g/mol. The third kappa shape index (κ3) is 3.57. The molecule has 1 amide bonds. The summed E-state index contributed by atoms with van der Waals surface area (Å²) in [6, 6.07) is 0. The number of carbonyl (C=O) groups is 1. The van der Waals surface area contributed by atoms with Crippen LogP contribution in [0.5, 0.6) is 0 Å². The number of imidazole rings is 1. The maximum atomic E-state index is 12.4. The number of piperidine rings is 1. The number of rotatable bonds is 5. The van der Waals surface area contributed by atoms with Gasteiger partial charge in [-0.1, -0.05) is 0 Å². The first-order valence-corrected chi connectivity index (χ1v) is 9.29. The van der Waals surface area contributed by atoms with E-state index in [9.17, 15) is 4.79 Å². The molecule has 132 valence electrons. The molecule has 1 saturated heterocycles. The van der Waals surface area contributed by atoms with Crippen molar-refractivity contribution in [3.05, 3.63) is 42.0 Å². The van der Waals surface area contributed by atoms with Gasteiger partial charge in [-0.3, -0.25) is 9.78 Å². The maximum absolute atomic E-state index is 12.4. The van der Waals surface area contributed by atoms with Gasteiger partial charge in [-0.15, -0.1) is 0 Å². The summed E-state index contributed by atoms with van der Waals surface area (Å²) in [4.78, 5) is 27.1. The van der Waals surface area contributed by atoms with Gasteiger partial charge in [0.2, 0.25) is 0 Å². The van der Waals surface area contributed by atoms with E-state index < -0.39 is 0 Å². The zero-order valence-electron chi connectivity index (χ0n) is 14.8. The van der Waals surface area contributed by atoms with E-state index in [4.69, 9.17) is 0 Å². The van der Waals surface area contributed by atoms with Gasteiger partial charge in [0.1, 0.15) is 11.5 Å². The van der Waals surface area contributed by atoms with Gasteiger partial charge in [-0.25, -0.2) is 9.97 Å². The molecule has 2 aromatic rings. The Morgan fingerprint density at radius 2 is 1.92 bits per heavy atom. The average Bonchev–Trinajstić information content (AvgIpc) is 3.44. The summed E-state index contributed by atoms with van der Waals surface area (Å²) in [5.41, 5.74) is 1.72. The number of aromatic nitrogens is 4. The summed E-state index contributed by atoms with van der Waals surface area (Å²) in [5.74, 6) is 2.67. The summed E-state index contributed by atoms with van der Waals surface area (Å²) in [6.07, 6.45) is 12.6. The fourth-order valence-corrected chi connectivity index (χ4v) is 3.75. The van der Waals surface area contributed by atoms with Crippen molar-refractivity contribution in [3.63, 3.8) is 0 Å². The van der Waals surface area contributed by atoms with Crippen LogP contribution in [0.25, 0.3) is 0 Å². The number of nitrogens with zero attached hydrogens (tertiary/aromatic N) is 5. The number of aryl methyl sites for hydroxylation is 1. The van der Waals surface area contributed by atoms with Crippen LogP contribution in [-0.4, -0.2) is 43.4 Å². The van der Waals surface area contributed by atoms with Gasteiger partial charge < -0.3 is 9.47 Å². The molecule has 6 nitrogen and oxygen atoms in total. The zero-order chi connectivity index (χ0) is 17.2. The Kier molecular flexibility index (Phi) is 4.51. The molecule has 0 N–H and O–H groups in total. The van der Waals surface area contributed by atoms with Crippen LogP contribution in [0.4, 0.5) is 0 Å². The fourth-order valence-electron chi connectivity index (χ4n) is 3.75. The number of carbonyl (C=O) groups excluding carboxylic acids is 1. The summed E-state index contributed by atoms with van der Waals surface area (Å²) in [6.45, 7) is 4.85. The molecule has 2 fully saturated rings. The van der Waals surface area contributed by atoms with Crippen LogP contribution in [0.1, 0.15) is 60.0 Å². The van der Waals surface area contributed by atoms with Crippen LogP contribution in [0, 0.1) is 12.8 Å². The SMILES string of the molecule is Cc1cnc(C2CC2)n1CCC1CCN(C(=O)c2cnccn2)CC1. The van der Waals surface area contributed by atoms with Crippen LogP contribution in [0.15, 0.2) is 24.8 Å². The molecule has 0 bridgehead atoms.